The van der Waals surface area contributed by atoms with Crippen molar-refractivity contribution in [3.63, 3.8) is 0 Å². The first-order chi connectivity index (χ1) is 4.31. The van der Waals surface area contributed by atoms with Gasteiger partial charge in [0.15, 0.2) is 0 Å². The molecule has 10 heavy (non-hydrogen) atoms. The highest BCUT2D eigenvalue weighted by Crippen LogP contribution is 2.28. The van der Waals surface area contributed by atoms with E-state index in [0.29, 0.717) is 0 Å². The third-order valence-electron chi connectivity index (χ3n) is 2.24. The van der Waals surface area contributed by atoms with E-state index in [1.54, 1.807) is 6.41 Å². The zero-order chi connectivity index (χ0) is 8.41. The average Bonchev–Trinajstić information content (AvgIpc) is 1.61. The Hall–Kier alpha value is -0.530. The van der Waals surface area contributed by atoms with E-state index in [4.69, 9.17) is 0 Å². The van der Waals surface area contributed by atoms with Crippen molar-refractivity contribution in [1.29, 1.82) is 0 Å². The topological polar surface area (TPSA) is 29.1 Å². The fraction of sp³-hybridized carbons (Fsp3) is 0.875. The minimum Gasteiger partial charge on any atom is -0.342 e. The maximum Gasteiger partial charge on any atom is 0.309 e. The van der Waals surface area contributed by atoms with Crippen molar-refractivity contribution in [3.8, 4) is 0 Å². The van der Waals surface area contributed by atoms with E-state index in [1.807, 2.05) is 13.8 Å². The molecule has 2 nitrogen and oxygen atoms in total. The summed E-state index contributed by atoms with van der Waals surface area (Å²) in [4.78, 5) is 10.0. The maximum atomic E-state index is 10.0. The minimum atomic E-state index is -0.186. The van der Waals surface area contributed by atoms with Gasteiger partial charge in [0.1, 0.15) is 0 Å². The molecule has 1 N–H and O–H groups in total. The first-order valence-corrected chi connectivity index (χ1v) is 3.45. The molecule has 0 aliphatic rings. The number of nitrogens with one attached hydrogen (secondary N) is 1. The highest BCUT2D eigenvalue weighted by molar-refractivity contribution is 5.49. The lowest BCUT2D eigenvalue weighted by Gasteiger charge is -2.37. The van der Waals surface area contributed by atoms with E-state index in [1.165, 1.54) is 0 Å². The standard InChI is InChI=1S/C8H16NO/c1-7(2,3)8(4,5)9-6-10/h1-5H3,(H,9,10). The second-order valence-corrected chi connectivity index (χ2v) is 4.10. The SMILES string of the molecule is CC(C)(C)C(C)(C)N[C]=O. The second kappa shape index (κ2) is 2.60. The van der Waals surface area contributed by atoms with Crippen LogP contribution in [0.4, 0.5) is 0 Å². The first kappa shape index (κ1) is 9.47. The van der Waals surface area contributed by atoms with Gasteiger partial charge in [0.05, 0.1) is 0 Å². The number of rotatable bonds is 2. The van der Waals surface area contributed by atoms with Gasteiger partial charge in [-0.15, -0.1) is 0 Å². The van der Waals surface area contributed by atoms with Gasteiger partial charge in [-0.3, -0.25) is 4.79 Å². The Morgan fingerprint density at radius 1 is 1.10 bits per heavy atom. The second-order valence-electron chi connectivity index (χ2n) is 4.10. The zero-order valence-electron chi connectivity index (χ0n) is 7.41. The number of amides is 1. The van der Waals surface area contributed by atoms with Gasteiger partial charge in [-0.25, -0.2) is 0 Å². The summed E-state index contributed by atoms with van der Waals surface area (Å²) in [5.41, 5.74) is -0.112. The Bertz CT molecular complexity index is 122. The molecule has 0 bridgehead atoms. The van der Waals surface area contributed by atoms with Gasteiger partial charge in [0, 0.05) is 5.54 Å². The van der Waals surface area contributed by atoms with Crippen molar-refractivity contribution in [2.24, 2.45) is 5.41 Å². The molecule has 0 spiro atoms. The minimum absolute atomic E-state index is 0.0738. The van der Waals surface area contributed by atoms with Crippen LogP contribution in [0, 0.1) is 5.41 Å². The van der Waals surface area contributed by atoms with Crippen molar-refractivity contribution in [3.05, 3.63) is 0 Å². The Labute approximate surface area is 63.0 Å². The summed E-state index contributed by atoms with van der Waals surface area (Å²) in [6, 6.07) is 0. The lowest BCUT2D eigenvalue weighted by molar-refractivity contribution is 0.202. The fourth-order valence-corrected chi connectivity index (χ4v) is 0.315. The molecule has 0 aliphatic carbocycles. The van der Waals surface area contributed by atoms with E-state index in [9.17, 15) is 4.79 Å². The summed E-state index contributed by atoms with van der Waals surface area (Å²) in [6.07, 6.45) is 1.71. The molecule has 0 heterocycles. The molecule has 0 saturated heterocycles. The Morgan fingerprint density at radius 2 is 1.50 bits per heavy atom. The Balaban J connectivity index is 4.23. The normalized spacial score (nSPS) is 12.9. The molecule has 0 aromatic rings. The predicted molar refractivity (Wildman–Crippen MR) is 42.4 cm³/mol. The summed E-state index contributed by atoms with van der Waals surface area (Å²) < 4.78 is 0. The molecule has 0 atom stereocenters. The molecule has 0 aliphatic heterocycles. The van der Waals surface area contributed by atoms with Crippen molar-refractivity contribution < 1.29 is 4.79 Å². The van der Waals surface area contributed by atoms with Crippen LogP contribution in [0.3, 0.4) is 0 Å². The summed E-state index contributed by atoms with van der Waals surface area (Å²) in [5.74, 6) is 0. The van der Waals surface area contributed by atoms with E-state index in [0.717, 1.165) is 0 Å². The van der Waals surface area contributed by atoms with Crippen LogP contribution in [-0.2, 0) is 4.79 Å². The van der Waals surface area contributed by atoms with E-state index in [-0.39, 0.29) is 11.0 Å². The summed E-state index contributed by atoms with van der Waals surface area (Å²) in [7, 11) is 0. The van der Waals surface area contributed by atoms with Crippen LogP contribution in [0.15, 0.2) is 0 Å². The van der Waals surface area contributed by atoms with Crippen molar-refractivity contribution in [2.45, 2.75) is 40.2 Å². The van der Waals surface area contributed by atoms with Crippen LogP contribution >= 0.6 is 0 Å². The molecule has 59 valence electrons. The summed E-state index contributed by atoms with van der Waals surface area (Å²) >= 11 is 0. The number of hydrogen-bond donors (Lipinski definition) is 1. The quantitative estimate of drug-likeness (QED) is 0.581. The highest BCUT2D eigenvalue weighted by Gasteiger charge is 2.31. The number of hydrogen-bond acceptors (Lipinski definition) is 1. The van der Waals surface area contributed by atoms with Gasteiger partial charge in [0.25, 0.3) is 0 Å². The van der Waals surface area contributed by atoms with Crippen LogP contribution in [0.2, 0.25) is 0 Å². The van der Waals surface area contributed by atoms with E-state index >= 15 is 0 Å². The van der Waals surface area contributed by atoms with Crippen molar-refractivity contribution in [2.75, 3.05) is 0 Å². The molecule has 0 fully saturated rings. The summed E-state index contributed by atoms with van der Waals surface area (Å²) in [5, 5.41) is 2.66. The third kappa shape index (κ3) is 2.01. The van der Waals surface area contributed by atoms with Crippen LogP contribution in [0.5, 0.6) is 0 Å². The lowest BCUT2D eigenvalue weighted by Crippen LogP contribution is -2.49. The molecule has 0 aromatic carbocycles. The third-order valence-corrected chi connectivity index (χ3v) is 2.24. The molecule has 1 amide bonds. The smallest absolute Gasteiger partial charge is 0.309 e. The van der Waals surface area contributed by atoms with Crippen molar-refractivity contribution >= 4 is 6.41 Å². The van der Waals surface area contributed by atoms with E-state index in [2.05, 4.69) is 26.1 Å². The predicted octanol–water partition coefficient (Wildman–Crippen LogP) is 1.47. The molecule has 1 radical (unpaired) electrons. The zero-order valence-corrected chi connectivity index (χ0v) is 7.41. The van der Waals surface area contributed by atoms with Crippen LogP contribution < -0.4 is 5.32 Å². The summed E-state index contributed by atoms with van der Waals surface area (Å²) in [6.45, 7) is 10.2. The highest BCUT2D eigenvalue weighted by atomic mass is 16.1. The Morgan fingerprint density at radius 3 is 1.60 bits per heavy atom. The average molecular weight is 142 g/mol. The van der Waals surface area contributed by atoms with Gasteiger partial charge < -0.3 is 5.32 Å². The van der Waals surface area contributed by atoms with Crippen LogP contribution in [0.1, 0.15) is 34.6 Å². The molecular weight excluding hydrogens is 126 g/mol. The maximum absolute atomic E-state index is 10.0. The Kier molecular flexibility index (Phi) is 2.47. The molecule has 0 saturated carbocycles. The first-order valence-electron chi connectivity index (χ1n) is 3.45. The largest absolute Gasteiger partial charge is 0.342 e. The van der Waals surface area contributed by atoms with Gasteiger partial charge in [0.2, 0.25) is 0 Å². The van der Waals surface area contributed by atoms with Crippen LogP contribution in [-0.4, -0.2) is 11.9 Å². The lowest BCUT2D eigenvalue weighted by atomic mass is 9.76. The van der Waals surface area contributed by atoms with Crippen molar-refractivity contribution in [1.82, 2.24) is 5.32 Å². The van der Waals surface area contributed by atoms with Crippen LogP contribution in [0.25, 0.3) is 0 Å². The van der Waals surface area contributed by atoms with Gasteiger partial charge >= 0.3 is 6.41 Å². The molecule has 0 aromatic heterocycles. The molecule has 0 rings (SSSR count). The van der Waals surface area contributed by atoms with E-state index < -0.39 is 0 Å². The number of carbonyl (C=O) groups excluding carboxylic acids is 1. The van der Waals surface area contributed by atoms with Gasteiger partial charge in [-0.2, -0.15) is 0 Å². The fourth-order valence-electron chi connectivity index (χ4n) is 0.315. The monoisotopic (exact) mass is 142 g/mol. The molecule has 2 heteroatoms. The molecular formula is C8H16NO. The van der Waals surface area contributed by atoms with Gasteiger partial charge in [-0.05, 0) is 19.3 Å². The molecule has 0 unspecified atom stereocenters. The van der Waals surface area contributed by atoms with Gasteiger partial charge in [-0.1, -0.05) is 20.8 Å².